The number of fused-ring (bicyclic) bond motifs is 3. The molecule has 1 unspecified atom stereocenters. The molecule has 2 heterocycles. The predicted molar refractivity (Wildman–Crippen MR) is 122 cm³/mol. The number of thiophene rings is 1. The van der Waals surface area contributed by atoms with E-state index in [9.17, 15) is 9.59 Å². The van der Waals surface area contributed by atoms with Crippen LogP contribution in [0, 0.1) is 0 Å². The molecule has 30 heavy (non-hydrogen) atoms. The van der Waals surface area contributed by atoms with Crippen molar-refractivity contribution in [3.8, 4) is 5.69 Å². The lowest BCUT2D eigenvalue weighted by Crippen LogP contribution is -2.36. The number of carbonyl (C=O) groups excluding carboxylic acids is 1. The summed E-state index contributed by atoms with van der Waals surface area (Å²) in [5, 5.41) is 4.20. The van der Waals surface area contributed by atoms with Crippen molar-refractivity contribution in [3.05, 3.63) is 51.1 Å². The molecule has 2 aromatic heterocycles. The molecule has 1 amide bonds. The highest BCUT2D eigenvalue weighted by molar-refractivity contribution is 7.99. The van der Waals surface area contributed by atoms with Gasteiger partial charge in [0.1, 0.15) is 4.83 Å². The van der Waals surface area contributed by atoms with Crippen LogP contribution in [0.5, 0.6) is 0 Å². The first kappa shape index (κ1) is 21.1. The number of rotatable bonds is 7. The molecular formula is C22H25N3O3S2. The van der Waals surface area contributed by atoms with Gasteiger partial charge in [-0.15, -0.1) is 11.3 Å². The lowest BCUT2D eigenvalue weighted by atomic mass is 9.97. The molecule has 1 aromatic carbocycles. The maximum Gasteiger partial charge on any atom is 0.267 e. The summed E-state index contributed by atoms with van der Waals surface area (Å²) in [6, 6.07) is 9.46. The molecule has 1 N–H and O–H groups in total. The molecular weight excluding hydrogens is 418 g/mol. The van der Waals surface area contributed by atoms with E-state index in [-0.39, 0.29) is 23.3 Å². The molecule has 1 atom stereocenters. The SMILES string of the molecule is COCC(C)NC(=O)CSc1nc2sc3c(c2c(=O)n1-c1ccccc1)CCCC3. The number of methoxy groups -OCH3 is 1. The van der Waals surface area contributed by atoms with Crippen LogP contribution in [0.4, 0.5) is 0 Å². The molecule has 0 radical (unpaired) electrons. The van der Waals surface area contributed by atoms with Crippen LogP contribution in [0.15, 0.2) is 40.3 Å². The Balaban J connectivity index is 1.73. The zero-order valence-electron chi connectivity index (χ0n) is 17.1. The second-order valence-electron chi connectivity index (χ2n) is 7.47. The van der Waals surface area contributed by atoms with E-state index in [1.807, 2.05) is 37.3 Å². The molecule has 6 nitrogen and oxygen atoms in total. The maximum absolute atomic E-state index is 13.6. The first-order valence-corrected chi connectivity index (χ1v) is 11.9. The second kappa shape index (κ2) is 9.32. The van der Waals surface area contributed by atoms with Gasteiger partial charge >= 0.3 is 0 Å². The van der Waals surface area contributed by atoms with Crippen molar-refractivity contribution < 1.29 is 9.53 Å². The van der Waals surface area contributed by atoms with Crippen LogP contribution in [0.1, 0.15) is 30.2 Å². The van der Waals surface area contributed by atoms with E-state index >= 15 is 0 Å². The molecule has 0 saturated carbocycles. The third-order valence-corrected chi connectivity index (χ3v) is 7.25. The summed E-state index contributed by atoms with van der Waals surface area (Å²) >= 11 is 2.92. The Hall–Kier alpha value is -2.16. The van der Waals surface area contributed by atoms with Crippen LogP contribution in [0.2, 0.25) is 0 Å². The normalized spacial score (nSPS) is 14.5. The summed E-state index contributed by atoms with van der Waals surface area (Å²) in [5.74, 6) is 0.0770. The summed E-state index contributed by atoms with van der Waals surface area (Å²) in [4.78, 5) is 32.9. The standard InChI is InChI=1S/C22H25N3O3S2/c1-14(12-28-2)23-18(26)13-29-22-24-20-19(16-10-6-7-11-17(16)30-20)21(27)25(22)15-8-4-3-5-9-15/h3-5,8-9,14H,6-7,10-13H2,1-2H3,(H,23,26). The molecule has 4 rings (SSSR count). The predicted octanol–water partition coefficient (Wildman–Crippen LogP) is 3.57. The van der Waals surface area contributed by atoms with Crippen molar-refractivity contribution in [2.45, 2.75) is 43.8 Å². The van der Waals surface area contributed by atoms with Crippen molar-refractivity contribution in [3.63, 3.8) is 0 Å². The molecule has 3 aromatic rings. The monoisotopic (exact) mass is 443 g/mol. The van der Waals surface area contributed by atoms with E-state index in [1.54, 1.807) is 23.0 Å². The number of carbonyl (C=O) groups is 1. The van der Waals surface area contributed by atoms with Crippen LogP contribution in [-0.4, -0.2) is 41.0 Å². The molecule has 8 heteroatoms. The number of aryl methyl sites for hydroxylation is 2. The van der Waals surface area contributed by atoms with Crippen molar-refractivity contribution in [2.75, 3.05) is 19.5 Å². The minimum Gasteiger partial charge on any atom is -0.383 e. The zero-order valence-corrected chi connectivity index (χ0v) is 18.8. The van der Waals surface area contributed by atoms with E-state index in [4.69, 9.17) is 9.72 Å². The van der Waals surface area contributed by atoms with Gasteiger partial charge in [-0.25, -0.2) is 4.98 Å². The van der Waals surface area contributed by atoms with Crippen molar-refractivity contribution in [2.24, 2.45) is 0 Å². The number of nitrogens with one attached hydrogen (secondary N) is 1. The number of thioether (sulfide) groups is 1. The summed E-state index contributed by atoms with van der Waals surface area (Å²) in [6.45, 7) is 2.35. The number of para-hydroxylation sites is 1. The number of nitrogens with zero attached hydrogens (tertiary/aromatic N) is 2. The Morgan fingerprint density at radius 3 is 2.83 bits per heavy atom. The Bertz CT molecular complexity index is 1110. The zero-order chi connectivity index (χ0) is 21.1. The molecule has 0 spiro atoms. The maximum atomic E-state index is 13.6. The quantitative estimate of drug-likeness (QED) is 0.446. The molecule has 0 fully saturated rings. The largest absolute Gasteiger partial charge is 0.383 e. The van der Waals surface area contributed by atoms with Gasteiger partial charge in [0, 0.05) is 18.0 Å². The fourth-order valence-electron chi connectivity index (χ4n) is 3.83. The van der Waals surface area contributed by atoms with Crippen LogP contribution >= 0.6 is 23.1 Å². The van der Waals surface area contributed by atoms with Crippen LogP contribution in [0.3, 0.4) is 0 Å². The smallest absolute Gasteiger partial charge is 0.267 e. The van der Waals surface area contributed by atoms with Gasteiger partial charge in [-0.1, -0.05) is 30.0 Å². The van der Waals surface area contributed by atoms with Crippen molar-refractivity contribution >= 4 is 39.2 Å². The van der Waals surface area contributed by atoms with Crippen LogP contribution in [0.25, 0.3) is 15.9 Å². The average Bonchev–Trinajstić information content (AvgIpc) is 3.11. The Kier molecular flexibility index (Phi) is 6.55. The highest BCUT2D eigenvalue weighted by Crippen LogP contribution is 2.35. The van der Waals surface area contributed by atoms with Gasteiger partial charge < -0.3 is 10.1 Å². The van der Waals surface area contributed by atoms with Gasteiger partial charge in [0.2, 0.25) is 5.91 Å². The molecule has 0 bridgehead atoms. The van der Waals surface area contributed by atoms with Crippen LogP contribution < -0.4 is 10.9 Å². The van der Waals surface area contributed by atoms with Crippen molar-refractivity contribution in [1.29, 1.82) is 0 Å². The first-order chi connectivity index (χ1) is 14.6. The summed E-state index contributed by atoms with van der Waals surface area (Å²) in [6.07, 6.45) is 4.23. The topological polar surface area (TPSA) is 73.2 Å². The van der Waals surface area contributed by atoms with E-state index in [2.05, 4.69) is 5.32 Å². The summed E-state index contributed by atoms with van der Waals surface area (Å²) in [5.41, 5.74) is 1.90. The number of ether oxygens (including phenoxy) is 1. The number of amides is 1. The number of hydrogen-bond donors (Lipinski definition) is 1. The minimum atomic E-state index is -0.107. The molecule has 158 valence electrons. The van der Waals surface area contributed by atoms with Crippen LogP contribution in [-0.2, 0) is 22.4 Å². The summed E-state index contributed by atoms with van der Waals surface area (Å²) < 4.78 is 6.72. The van der Waals surface area contributed by atoms with Gasteiger partial charge in [-0.3, -0.25) is 14.2 Å². The minimum absolute atomic E-state index is 0.0405. The van der Waals surface area contributed by atoms with Gasteiger partial charge in [0.25, 0.3) is 5.56 Å². The second-order valence-corrected chi connectivity index (χ2v) is 9.50. The van der Waals surface area contributed by atoms with Gasteiger partial charge in [0.05, 0.1) is 23.4 Å². The first-order valence-electron chi connectivity index (χ1n) is 10.1. The fraction of sp³-hybridized carbons (Fsp3) is 0.409. The van der Waals surface area contributed by atoms with E-state index in [0.717, 1.165) is 41.6 Å². The molecule has 0 saturated heterocycles. The highest BCUT2D eigenvalue weighted by Gasteiger charge is 2.23. The van der Waals surface area contributed by atoms with E-state index in [1.165, 1.54) is 22.2 Å². The Morgan fingerprint density at radius 1 is 1.30 bits per heavy atom. The molecule has 1 aliphatic rings. The lowest BCUT2D eigenvalue weighted by molar-refractivity contribution is -0.119. The van der Waals surface area contributed by atoms with Crippen molar-refractivity contribution in [1.82, 2.24) is 14.9 Å². The number of aromatic nitrogens is 2. The van der Waals surface area contributed by atoms with E-state index in [0.29, 0.717) is 11.8 Å². The highest BCUT2D eigenvalue weighted by atomic mass is 32.2. The third kappa shape index (κ3) is 4.31. The lowest BCUT2D eigenvalue weighted by Gasteiger charge is -2.15. The number of hydrogen-bond acceptors (Lipinski definition) is 6. The van der Waals surface area contributed by atoms with Gasteiger partial charge in [-0.05, 0) is 50.3 Å². The van der Waals surface area contributed by atoms with Gasteiger partial charge in [0.15, 0.2) is 5.16 Å². The van der Waals surface area contributed by atoms with Gasteiger partial charge in [-0.2, -0.15) is 0 Å². The third-order valence-electron chi connectivity index (χ3n) is 5.13. The van der Waals surface area contributed by atoms with E-state index < -0.39 is 0 Å². The molecule has 1 aliphatic carbocycles. The fourth-order valence-corrected chi connectivity index (χ4v) is 5.95. The Labute approximate surface area is 183 Å². The molecule has 0 aliphatic heterocycles. The summed E-state index contributed by atoms with van der Waals surface area (Å²) in [7, 11) is 1.61. The average molecular weight is 444 g/mol. The Morgan fingerprint density at radius 2 is 2.07 bits per heavy atom. The number of benzene rings is 1.